The van der Waals surface area contributed by atoms with E-state index in [2.05, 4.69) is 16.0 Å². The van der Waals surface area contributed by atoms with Crippen LogP contribution in [0.4, 0.5) is 0 Å². The van der Waals surface area contributed by atoms with Gasteiger partial charge in [0.1, 0.15) is 24.9 Å². The minimum absolute atomic E-state index is 0.0380. The van der Waals surface area contributed by atoms with E-state index in [0.29, 0.717) is 118 Å². The van der Waals surface area contributed by atoms with Crippen molar-refractivity contribution < 1.29 is 75.7 Å². The highest BCUT2D eigenvalue weighted by atomic mass is 31.2. The van der Waals surface area contributed by atoms with Crippen molar-refractivity contribution in [3.05, 3.63) is 0 Å². The van der Waals surface area contributed by atoms with E-state index < -0.39 is 50.1 Å². The lowest BCUT2D eigenvalue weighted by atomic mass is 9.86. The molecule has 1 aliphatic rings. The normalized spacial score (nSPS) is 16.6. The van der Waals surface area contributed by atoms with E-state index in [0.717, 1.165) is 4.90 Å². The van der Waals surface area contributed by atoms with Gasteiger partial charge in [-0.25, -0.2) is 0 Å². The standard InChI is InChI=1S/C42H79N4O16P/c1-34(2)63(6,52)62-37-12-9-35(10-13-37)41(50)45-38(14-11-36(47)8-7-17-56-26-29-59-23-20-53-3)42(51)46(32-39(48)43-15-18-57-27-30-60-24-21-54-4)33-40(49)44-16-19-58-28-31-61-25-22-55-5/h34-35,37-38H,7-33H2,1-6H3,(H,43,48)(H,44,49)(H,45,50). The molecule has 0 heterocycles. The monoisotopic (exact) mass is 927 g/mol. The fraction of sp³-hybridized carbons (Fsp3) is 0.881. The number of nitrogens with one attached hydrogen (secondary N) is 3. The highest BCUT2D eigenvalue weighted by Gasteiger charge is 2.35. The molecule has 1 rings (SSSR count). The lowest BCUT2D eigenvalue weighted by Crippen LogP contribution is -2.54. The van der Waals surface area contributed by atoms with E-state index in [1.165, 1.54) is 0 Å². The number of rotatable bonds is 41. The molecular weight excluding hydrogens is 847 g/mol. The molecule has 2 atom stereocenters. The Morgan fingerprint density at radius 3 is 1.48 bits per heavy atom. The Morgan fingerprint density at radius 2 is 1.03 bits per heavy atom. The third kappa shape index (κ3) is 30.3. The van der Waals surface area contributed by atoms with Crippen molar-refractivity contribution in [3.63, 3.8) is 0 Å². The Balaban J connectivity index is 3.02. The minimum Gasteiger partial charge on any atom is -0.382 e. The summed E-state index contributed by atoms with van der Waals surface area (Å²) in [6.45, 7) is 10.1. The molecule has 0 aliphatic heterocycles. The molecule has 368 valence electrons. The van der Waals surface area contributed by atoms with E-state index in [9.17, 15) is 28.5 Å². The SMILES string of the molecule is COCCOCCOCCCC(=O)CCC(NC(=O)C1CCC(OP(C)(=O)C(C)C)CC1)C(=O)N(CC(=O)NCCOCCOCCOC)CC(=O)NCCOCCOCCOC. The second kappa shape index (κ2) is 37.6. The summed E-state index contributed by atoms with van der Waals surface area (Å²) in [5.41, 5.74) is -0.131. The molecule has 3 N–H and O–H groups in total. The Labute approximate surface area is 374 Å². The predicted molar refractivity (Wildman–Crippen MR) is 234 cm³/mol. The van der Waals surface area contributed by atoms with Crippen molar-refractivity contribution in [2.24, 2.45) is 5.92 Å². The van der Waals surface area contributed by atoms with Crippen LogP contribution in [0.15, 0.2) is 0 Å². The van der Waals surface area contributed by atoms with Gasteiger partial charge in [0.15, 0.2) is 0 Å². The van der Waals surface area contributed by atoms with Crippen LogP contribution >= 0.6 is 7.37 Å². The summed E-state index contributed by atoms with van der Waals surface area (Å²) < 4.78 is 66.4. The topological polar surface area (TPSA) is 234 Å². The summed E-state index contributed by atoms with van der Waals surface area (Å²) in [6, 6.07) is -1.21. The molecule has 4 amide bonds. The molecule has 0 aromatic heterocycles. The zero-order valence-corrected chi connectivity index (χ0v) is 39.7. The Morgan fingerprint density at radius 1 is 0.603 bits per heavy atom. The molecular formula is C42H79N4O16P. The summed E-state index contributed by atoms with van der Waals surface area (Å²) >= 11 is 0. The molecule has 63 heavy (non-hydrogen) atoms. The second-order valence-electron chi connectivity index (χ2n) is 15.4. The maximum absolute atomic E-state index is 14.3. The van der Waals surface area contributed by atoms with Gasteiger partial charge in [-0.3, -0.25) is 28.5 Å². The van der Waals surface area contributed by atoms with Crippen molar-refractivity contribution in [1.29, 1.82) is 0 Å². The van der Waals surface area contributed by atoms with Crippen LogP contribution < -0.4 is 16.0 Å². The molecule has 1 saturated carbocycles. The van der Waals surface area contributed by atoms with Crippen molar-refractivity contribution in [3.8, 4) is 0 Å². The first-order valence-electron chi connectivity index (χ1n) is 22.2. The second-order valence-corrected chi connectivity index (χ2v) is 18.4. The lowest BCUT2D eigenvalue weighted by Gasteiger charge is -2.32. The van der Waals surface area contributed by atoms with Gasteiger partial charge >= 0.3 is 0 Å². The van der Waals surface area contributed by atoms with Gasteiger partial charge in [0.05, 0.1) is 98.6 Å². The Hall–Kier alpha value is -2.62. The first-order valence-corrected chi connectivity index (χ1v) is 24.3. The number of amides is 4. The van der Waals surface area contributed by atoms with Crippen molar-refractivity contribution >= 4 is 36.8 Å². The van der Waals surface area contributed by atoms with Gasteiger partial charge in [-0.1, -0.05) is 13.8 Å². The third-order valence-electron chi connectivity index (χ3n) is 9.94. The van der Waals surface area contributed by atoms with Gasteiger partial charge in [-0.05, 0) is 38.5 Å². The van der Waals surface area contributed by atoms with Crippen LogP contribution in [0.5, 0.6) is 0 Å². The largest absolute Gasteiger partial charge is 0.382 e. The molecule has 0 bridgehead atoms. The molecule has 0 saturated heterocycles. The van der Waals surface area contributed by atoms with Crippen LogP contribution in [0.1, 0.15) is 65.2 Å². The molecule has 0 radical (unpaired) electrons. The number of carbonyl (C=O) groups excluding carboxylic acids is 5. The van der Waals surface area contributed by atoms with Crippen LogP contribution in [-0.4, -0.2) is 205 Å². The van der Waals surface area contributed by atoms with Crippen molar-refractivity contribution in [1.82, 2.24) is 20.9 Å². The number of Topliss-reactive ketones (excluding diaryl/α,β-unsaturated/α-hetero) is 1. The van der Waals surface area contributed by atoms with E-state index in [4.69, 9.17) is 47.2 Å². The summed E-state index contributed by atoms with van der Waals surface area (Å²) in [5, 5.41) is 8.27. The van der Waals surface area contributed by atoms with Gasteiger partial charge in [-0.2, -0.15) is 0 Å². The summed E-state index contributed by atoms with van der Waals surface area (Å²) in [6.07, 6.45) is 2.24. The highest BCUT2D eigenvalue weighted by Crippen LogP contribution is 2.50. The van der Waals surface area contributed by atoms with Crippen LogP contribution in [0.2, 0.25) is 0 Å². The van der Waals surface area contributed by atoms with Gasteiger partial charge in [0.2, 0.25) is 31.0 Å². The number of ketones is 1. The molecule has 21 heteroatoms. The quantitative estimate of drug-likeness (QED) is 0.0584. The van der Waals surface area contributed by atoms with E-state index >= 15 is 0 Å². The average molecular weight is 927 g/mol. The van der Waals surface area contributed by atoms with E-state index in [1.807, 2.05) is 13.8 Å². The zero-order chi connectivity index (χ0) is 46.6. The Bertz CT molecular complexity index is 1250. The van der Waals surface area contributed by atoms with Crippen LogP contribution in [-0.2, 0) is 75.7 Å². The Kier molecular flexibility index (Phi) is 34.8. The number of ether oxygens (including phenoxy) is 9. The minimum atomic E-state index is -2.82. The predicted octanol–water partition coefficient (Wildman–Crippen LogP) is 1.59. The number of hydrogen-bond acceptors (Lipinski definition) is 16. The molecule has 0 spiro atoms. The fourth-order valence-corrected chi connectivity index (χ4v) is 7.05. The summed E-state index contributed by atoms with van der Waals surface area (Å²) in [7, 11) is 1.93. The van der Waals surface area contributed by atoms with E-state index in [-0.39, 0.29) is 69.0 Å². The number of hydrogen-bond donors (Lipinski definition) is 3. The molecule has 1 aliphatic carbocycles. The zero-order valence-electron chi connectivity index (χ0n) is 38.8. The molecule has 1 fully saturated rings. The summed E-state index contributed by atoms with van der Waals surface area (Å²) in [5.74, 6) is -2.77. The highest BCUT2D eigenvalue weighted by molar-refractivity contribution is 7.58. The molecule has 0 aromatic rings. The average Bonchev–Trinajstić information content (AvgIpc) is 3.25. The van der Waals surface area contributed by atoms with Gasteiger partial charge in [0, 0.05) is 72.1 Å². The van der Waals surface area contributed by atoms with Gasteiger partial charge in [-0.15, -0.1) is 0 Å². The van der Waals surface area contributed by atoms with Crippen molar-refractivity contribution in [2.45, 2.75) is 83.0 Å². The molecule has 2 unspecified atom stereocenters. The first-order chi connectivity index (χ1) is 30.3. The molecule has 0 aromatic carbocycles. The van der Waals surface area contributed by atoms with Crippen molar-refractivity contribution in [2.75, 3.05) is 153 Å². The van der Waals surface area contributed by atoms with Gasteiger partial charge < -0.3 is 68.0 Å². The maximum Gasteiger partial charge on any atom is 0.246 e. The first kappa shape index (κ1) is 58.4. The number of nitrogens with zero attached hydrogens (tertiary/aromatic N) is 1. The number of carbonyl (C=O) groups is 5. The third-order valence-corrected chi connectivity index (χ3v) is 12.5. The van der Waals surface area contributed by atoms with E-state index in [1.54, 1.807) is 28.0 Å². The number of methoxy groups -OCH3 is 3. The van der Waals surface area contributed by atoms with Gasteiger partial charge in [0.25, 0.3) is 0 Å². The molecule has 20 nitrogen and oxygen atoms in total. The van der Waals surface area contributed by atoms with Crippen LogP contribution in [0.25, 0.3) is 0 Å². The van der Waals surface area contributed by atoms with Crippen LogP contribution in [0, 0.1) is 5.92 Å². The maximum atomic E-state index is 14.3. The lowest BCUT2D eigenvalue weighted by molar-refractivity contribution is -0.143. The van der Waals surface area contributed by atoms with Crippen LogP contribution in [0.3, 0.4) is 0 Å². The summed E-state index contributed by atoms with van der Waals surface area (Å²) in [4.78, 5) is 68.6. The fourth-order valence-electron chi connectivity index (χ4n) is 6.01. The smallest absolute Gasteiger partial charge is 0.246 e.